The first kappa shape index (κ1) is 7.17. The molecule has 0 heteroatoms. The van der Waals surface area contributed by atoms with Crippen LogP contribution in [0.25, 0.3) is 0 Å². The Bertz CT molecular complexity index is 253. The summed E-state index contributed by atoms with van der Waals surface area (Å²) in [6, 6.07) is 0. The molecule has 0 spiro atoms. The molecule has 0 aromatic heterocycles. The molecule has 3 rings (SSSR count). The van der Waals surface area contributed by atoms with Gasteiger partial charge in [0.15, 0.2) is 0 Å². The van der Waals surface area contributed by atoms with Crippen molar-refractivity contribution in [3.63, 3.8) is 0 Å². The van der Waals surface area contributed by atoms with Crippen molar-refractivity contribution in [3.05, 3.63) is 12.2 Å². The molecule has 4 atom stereocenters. The number of rotatable bonds is 0. The predicted octanol–water partition coefficient (Wildman–Crippen LogP) is 3.39. The van der Waals surface area contributed by atoms with Crippen LogP contribution in [-0.4, -0.2) is 0 Å². The van der Waals surface area contributed by atoms with Crippen molar-refractivity contribution in [2.24, 2.45) is 22.7 Å². The monoisotopic (exact) mass is 162 g/mol. The SMILES string of the molecule is CC12C=CCC1(C)C1CCC2C1. The molecular formula is C12H18. The van der Waals surface area contributed by atoms with Gasteiger partial charge in [-0.1, -0.05) is 26.0 Å². The standard InChI is InChI=1S/C12H18/c1-11-6-3-7-12(11,2)10-5-4-9(11)8-10/h3,6,9-10H,4-5,7-8H2,1-2H3. The lowest BCUT2D eigenvalue weighted by atomic mass is 9.60. The van der Waals surface area contributed by atoms with Crippen molar-refractivity contribution in [2.45, 2.75) is 39.5 Å². The van der Waals surface area contributed by atoms with Crippen LogP contribution in [0.5, 0.6) is 0 Å². The van der Waals surface area contributed by atoms with Crippen molar-refractivity contribution in [2.75, 3.05) is 0 Å². The zero-order chi connectivity index (χ0) is 8.40. The van der Waals surface area contributed by atoms with Gasteiger partial charge in [-0.3, -0.25) is 0 Å². The summed E-state index contributed by atoms with van der Waals surface area (Å²) in [7, 11) is 0. The Morgan fingerprint density at radius 2 is 1.92 bits per heavy atom. The average Bonchev–Trinajstić information content (AvgIpc) is 2.61. The summed E-state index contributed by atoms with van der Waals surface area (Å²) in [5, 5.41) is 0. The van der Waals surface area contributed by atoms with Gasteiger partial charge in [-0.15, -0.1) is 0 Å². The minimum atomic E-state index is 0.579. The van der Waals surface area contributed by atoms with E-state index < -0.39 is 0 Å². The number of fused-ring (bicyclic) bond motifs is 5. The van der Waals surface area contributed by atoms with E-state index in [0.717, 1.165) is 11.8 Å². The Kier molecular flexibility index (Phi) is 1.08. The molecule has 0 radical (unpaired) electrons. The fraction of sp³-hybridized carbons (Fsp3) is 0.833. The Morgan fingerprint density at radius 3 is 2.67 bits per heavy atom. The van der Waals surface area contributed by atoms with Crippen molar-refractivity contribution >= 4 is 0 Å². The third kappa shape index (κ3) is 0.522. The van der Waals surface area contributed by atoms with Crippen molar-refractivity contribution in [3.8, 4) is 0 Å². The fourth-order valence-electron chi connectivity index (χ4n) is 4.27. The van der Waals surface area contributed by atoms with Crippen LogP contribution in [0.4, 0.5) is 0 Å². The van der Waals surface area contributed by atoms with E-state index in [2.05, 4.69) is 26.0 Å². The molecule has 0 heterocycles. The summed E-state index contributed by atoms with van der Waals surface area (Å²) in [6.07, 6.45) is 10.9. The van der Waals surface area contributed by atoms with Crippen LogP contribution in [0.3, 0.4) is 0 Å². The van der Waals surface area contributed by atoms with E-state index >= 15 is 0 Å². The van der Waals surface area contributed by atoms with E-state index in [-0.39, 0.29) is 0 Å². The van der Waals surface area contributed by atoms with E-state index in [1.807, 2.05) is 0 Å². The number of allylic oxidation sites excluding steroid dienone is 2. The molecule has 0 saturated heterocycles. The van der Waals surface area contributed by atoms with Crippen molar-refractivity contribution < 1.29 is 0 Å². The van der Waals surface area contributed by atoms with Gasteiger partial charge in [0.2, 0.25) is 0 Å². The van der Waals surface area contributed by atoms with Crippen LogP contribution >= 0.6 is 0 Å². The summed E-state index contributed by atoms with van der Waals surface area (Å²) in [5.74, 6) is 2.06. The zero-order valence-electron chi connectivity index (χ0n) is 8.14. The van der Waals surface area contributed by atoms with Crippen LogP contribution in [0.15, 0.2) is 12.2 Å². The normalized spacial score (nSPS) is 61.2. The van der Waals surface area contributed by atoms with Gasteiger partial charge < -0.3 is 0 Å². The van der Waals surface area contributed by atoms with Crippen molar-refractivity contribution in [1.29, 1.82) is 0 Å². The van der Waals surface area contributed by atoms with Crippen molar-refractivity contribution in [1.82, 2.24) is 0 Å². The smallest absolute Gasteiger partial charge is 0.00588 e. The summed E-state index contributed by atoms with van der Waals surface area (Å²) >= 11 is 0. The van der Waals surface area contributed by atoms with E-state index in [9.17, 15) is 0 Å². The highest BCUT2D eigenvalue weighted by Crippen LogP contribution is 2.70. The average molecular weight is 162 g/mol. The molecule has 0 amide bonds. The predicted molar refractivity (Wildman–Crippen MR) is 50.8 cm³/mol. The molecule has 3 aliphatic carbocycles. The lowest BCUT2D eigenvalue weighted by molar-refractivity contribution is 0.0657. The molecule has 2 fully saturated rings. The molecule has 2 saturated carbocycles. The Balaban J connectivity index is 2.12. The molecule has 66 valence electrons. The minimum absolute atomic E-state index is 0.579. The molecule has 0 aromatic carbocycles. The second-order valence-corrected chi connectivity index (χ2v) is 5.51. The first-order chi connectivity index (χ1) is 5.67. The molecule has 12 heavy (non-hydrogen) atoms. The summed E-state index contributed by atoms with van der Waals surface area (Å²) in [5.41, 5.74) is 1.23. The molecular weight excluding hydrogens is 144 g/mol. The Labute approximate surface area is 75.0 Å². The second kappa shape index (κ2) is 1.81. The molecule has 3 aliphatic rings. The maximum absolute atomic E-state index is 2.52. The molecule has 2 bridgehead atoms. The van der Waals surface area contributed by atoms with Crippen LogP contribution in [0, 0.1) is 22.7 Å². The lowest BCUT2D eigenvalue weighted by Gasteiger charge is -2.44. The summed E-state index contributed by atoms with van der Waals surface area (Å²) in [4.78, 5) is 0. The molecule has 4 unspecified atom stereocenters. The topological polar surface area (TPSA) is 0 Å². The molecule has 0 N–H and O–H groups in total. The van der Waals surface area contributed by atoms with Gasteiger partial charge in [0.25, 0.3) is 0 Å². The first-order valence-electron chi connectivity index (χ1n) is 5.34. The van der Waals surface area contributed by atoms with Crippen LogP contribution in [0.2, 0.25) is 0 Å². The largest absolute Gasteiger partial charge is 0.0874 e. The van der Waals surface area contributed by atoms with E-state index in [0.29, 0.717) is 10.8 Å². The fourth-order valence-corrected chi connectivity index (χ4v) is 4.27. The van der Waals surface area contributed by atoms with Gasteiger partial charge in [0.1, 0.15) is 0 Å². The Hall–Kier alpha value is -0.260. The second-order valence-electron chi connectivity index (χ2n) is 5.51. The van der Waals surface area contributed by atoms with Gasteiger partial charge in [0.05, 0.1) is 0 Å². The Morgan fingerprint density at radius 1 is 1.17 bits per heavy atom. The summed E-state index contributed by atoms with van der Waals surface area (Å²) in [6.45, 7) is 5.02. The molecule has 0 aromatic rings. The zero-order valence-corrected chi connectivity index (χ0v) is 8.14. The number of hydrogen-bond acceptors (Lipinski definition) is 0. The highest BCUT2D eigenvalue weighted by atomic mass is 14.7. The minimum Gasteiger partial charge on any atom is -0.0874 e. The lowest BCUT2D eigenvalue weighted by Crippen LogP contribution is -2.38. The molecule has 0 aliphatic heterocycles. The van der Waals surface area contributed by atoms with E-state index in [1.54, 1.807) is 0 Å². The van der Waals surface area contributed by atoms with E-state index in [4.69, 9.17) is 0 Å². The van der Waals surface area contributed by atoms with Crippen LogP contribution in [0.1, 0.15) is 39.5 Å². The maximum Gasteiger partial charge on any atom is -0.00588 e. The third-order valence-electron chi connectivity index (χ3n) is 5.42. The maximum atomic E-state index is 2.52. The van der Waals surface area contributed by atoms with Crippen LogP contribution < -0.4 is 0 Å². The number of hydrogen-bond donors (Lipinski definition) is 0. The van der Waals surface area contributed by atoms with Gasteiger partial charge in [-0.05, 0) is 48.3 Å². The summed E-state index contributed by atoms with van der Waals surface area (Å²) < 4.78 is 0. The van der Waals surface area contributed by atoms with Crippen LogP contribution in [-0.2, 0) is 0 Å². The molecule has 0 nitrogen and oxygen atoms in total. The van der Waals surface area contributed by atoms with E-state index in [1.165, 1.54) is 25.7 Å². The third-order valence-corrected chi connectivity index (χ3v) is 5.42. The quantitative estimate of drug-likeness (QED) is 0.479. The van der Waals surface area contributed by atoms with Gasteiger partial charge >= 0.3 is 0 Å². The van der Waals surface area contributed by atoms with Gasteiger partial charge in [0, 0.05) is 0 Å². The highest BCUT2D eigenvalue weighted by molar-refractivity contribution is 5.24. The van der Waals surface area contributed by atoms with Gasteiger partial charge in [-0.25, -0.2) is 0 Å². The van der Waals surface area contributed by atoms with Gasteiger partial charge in [-0.2, -0.15) is 0 Å². The highest BCUT2D eigenvalue weighted by Gasteiger charge is 2.62. The first-order valence-corrected chi connectivity index (χ1v) is 5.34.